The van der Waals surface area contributed by atoms with Crippen molar-refractivity contribution in [2.75, 3.05) is 6.61 Å². The van der Waals surface area contributed by atoms with E-state index >= 15 is 0 Å². The van der Waals surface area contributed by atoms with Crippen molar-refractivity contribution in [2.24, 2.45) is 5.92 Å². The molecule has 0 amide bonds. The smallest absolute Gasteiger partial charge is 0.308 e. The predicted octanol–water partition coefficient (Wildman–Crippen LogP) is 2.57. The Morgan fingerprint density at radius 3 is 2.67 bits per heavy atom. The van der Waals surface area contributed by atoms with Crippen molar-refractivity contribution < 1.29 is 14.4 Å². The molecule has 4 nitrogen and oxygen atoms in total. The van der Waals surface area contributed by atoms with Crippen molar-refractivity contribution in [3.63, 3.8) is 0 Å². The lowest BCUT2D eigenvalue weighted by Crippen LogP contribution is -2.38. The van der Waals surface area contributed by atoms with Crippen LogP contribution in [0, 0.1) is 5.92 Å². The van der Waals surface area contributed by atoms with E-state index in [1.165, 1.54) is 25.7 Å². The summed E-state index contributed by atoms with van der Waals surface area (Å²) >= 11 is 0. The van der Waals surface area contributed by atoms with Crippen molar-refractivity contribution >= 4 is 5.97 Å². The maximum atomic E-state index is 11.7. The van der Waals surface area contributed by atoms with E-state index in [-0.39, 0.29) is 11.9 Å². The molecule has 2 aliphatic rings. The van der Waals surface area contributed by atoms with Crippen LogP contribution in [0.1, 0.15) is 58.3 Å². The fourth-order valence-electron chi connectivity index (χ4n) is 2.97. The first-order chi connectivity index (χ1) is 8.79. The second-order valence-electron chi connectivity index (χ2n) is 5.45. The number of ether oxygens (including phenoxy) is 1. The fourth-order valence-corrected chi connectivity index (χ4v) is 2.97. The summed E-state index contributed by atoms with van der Waals surface area (Å²) in [4.78, 5) is 17.4. The molecule has 0 spiro atoms. The Labute approximate surface area is 109 Å². The molecular formula is C14H25NO3. The topological polar surface area (TPSA) is 47.6 Å². The molecule has 18 heavy (non-hydrogen) atoms. The Balaban J connectivity index is 1.70. The summed E-state index contributed by atoms with van der Waals surface area (Å²) in [5, 5.41) is 0. The van der Waals surface area contributed by atoms with Crippen molar-refractivity contribution in [2.45, 2.75) is 70.4 Å². The molecule has 0 aromatic carbocycles. The van der Waals surface area contributed by atoms with Gasteiger partial charge in [-0.1, -0.05) is 19.3 Å². The number of hydrogen-bond acceptors (Lipinski definition) is 4. The monoisotopic (exact) mass is 255 g/mol. The molecule has 2 unspecified atom stereocenters. The van der Waals surface area contributed by atoms with E-state index in [4.69, 9.17) is 9.57 Å². The summed E-state index contributed by atoms with van der Waals surface area (Å²) in [6.45, 7) is 2.34. The van der Waals surface area contributed by atoms with Crippen LogP contribution in [0.3, 0.4) is 0 Å². The van der Waals surface area contributed by atoms with Gasteiger partial charge in [0.25, 0.3) is 0 Å². The van der Waals surface area contributed by atoms with E-state index in [1.807, 2.05) is 6.92 Å². The largest absolute Gasteiger partial charge is 0.466 e. The van der Waals surface area contributed by atoms with E-state index in [0.717, 1.165) is 25.7 Å². The molecule has 0 aromatic rings. The van der Waals surface area contributed by atoms with E-state index in [9.17, 15) is 4.79 Å². The van der Waals surface area contributed by atoms with E-state index in [2.05, 4.69) is 5.48 Å². The van der Waals surface area contributed by atoms with Gasteiger partial charge in [-0.05, 0) is 39.0 Å². The van der Waals surface area contributed by atoms with Crippen LogP contribution < -0.4 is 5.48 Å². The molecule has 0 radical (unpaired) electrons. The Hall–Kier alpha value is -0.610. The highest BCUT2D eigenvalue weighted by atomic mass is 16.7. The third kappa shape index (κ3) is 3.95. The van der Waals surface area contributed by atoms with Crippen LogP contribution in [-0.4, -0.2) is 24.7 Å². The van der Waals surface area contributed by atoms with Gasteiger partial charge in [0.15, 0.2) is 0 Å². The lowest BCUT2D eigenvalue weighted by molar-refractivity contribution is -0.150. The second kappa shape index (κ2) is 7.10. The van der Waals surface area contributed by atoms with Gasteiger partial charge in [-0.25, -0.2) is 0 Å². The van der Waals surface area contributed by atoms with Gasteiger partial charge >= 0.3 is 5.97 Å². The SMILES string of the molecule is CCOC(=O)C1CCCC(NOC2CCCC2)C1. The summed E-state index contributed by atoms with van der Waals surface area (Å²) in [7, 11) is 0. The first-order valence-corrected chi connectivity index (χ1v) is 7.37. The normalized spacial score (nSPS) is 29.4. The van der Waals surface area contributed by atoms with Gasteiger partial charge in [-0.15, -0.1) is 0 Å². The van der Waals surface area contributed by atoms with Crippen molar-refractivity contribution in [1.29, 1.82) is 0 Å². The number of hydrogen-bond donors (Lipinski definition) is 1. The van der Waals surface area contributed by atoms with Crippen LogP contribution in [0.4, 0.5) is 0 Å². The fraction of sp³-hybridized carbons (Fsp3) is 0.929. The lowest BCUT2D eigenvalue weighted by atomic mass is 9.86. The molecule has 104 valence electrons. The van der Waals surface area contributed by atoms with E-state index in [1.54, 1.807) is 0 Å². The highest BCUT2D eigenvalue weighted by Gasteiger charge is 2.29. The molecule has 0 saturated heterocycles. The molecule has 0 heterocycles. The van der Waals surface area contributed by atoms with Crippen LogP contribution in [0.2, 0.25) is 0 Å². The molecule has 1 N–H and O–H groups in total. The zero-order valence-electron chi connectivity index (χ0n) is 11.3. The quantitative estimate of drug-likeness (QED) is 0.606. The molecule has 0 aliphatic heterocycles. The first kappa shape index (κ1) is 13.8. The zero-order valence-corrected chi connectivity index (χ0v) is 11.3. The van der Waals surface area contributed by atoms with Crippen molar-refractivity contribution in [1.82, 2.24) is 5.48 Å². The number of carbonyl (C=O) groups excluding carboxylic acids is 1. The summed E-state index contributed by atoms with van der Waals surface area (Å²) in [6.07, 6.45) is 9.27. The van der Waals surface area contributed by atoms with Crippen molar-refractivity contribution in [3.8, 4) is 0 Å². The van der Waals surface area contributed by atoms with Crippen LogP contribution >= 0.6 is 0 Å². The zero-order chi connectivity index (χ0) is 12.8. The van der Waals surface area contributed by atoms with Crippen LogP contribution in [0.5, 0.6) is 0 Å². The molecule has 2 aliphatic carbocycles. The van der Waals surface area contributed by atoms with Crippen LogP contribution in [0.15, 0.2) is 0 Å². The van der Waals surface area contributed by atoms with Crippen LogP contribution in [0.25, 0.3) is 0 Å². The minimum atomic E-state index is -0.0372. The molecule has 2 rings (SSSR count). The highest BCUT2D eigenvalue weighted by molar-refractivity contribution is 5.72. The molecule has 0 aromatic heterocycles. The average molecular weight is 255 g/mol. The Kier molecular flexibility index (Phi) is 5.45. The number of rotatable bonds is 5. The Morgan fingerprint density at radius 1 is 1.17 bits per heavy atom. The van der Waals surface area contributed by atoms with Gasteiger partial charge in [0, 0.05) is 6.04 Å². The lowest BCUT2D eigenvalue weighted by Gasteiger charge is -2.29. The van der Waals surface area contributed by atoms with Gasteiger partial charge in [-0.2, -0.15) is 5.48 Å². The predicted molar refractivity (Wildman–Crippen MR) is 68.9 cm³/mol. The average Bonchev–Trinajstić information content (AvgIpc) is 2.90. The number of nitrogens with one attached hydrogen (secondary N) is 1. The van der Waals surface area contributed by atoms with Gasteiger partial charge in [0.1, 0.15) is 0 Å². The second-order valence-corrected chi connectivity index (χ2v) is 5.45. The molecule has 2 saturated carbocycles. The van der Waals surface area contributed by atoms with E-state index in [0.29, 0.717) is 18.8 Å². The van der Waals surface area contributed by atoms with Crippen molar-refractivity contribution in [3.05, 3.63) is 0 Å². The third-order valence-electron chi connectivity index (χ3n) is 4.00. The third-order valence-corrected chi connectivity index (χ3v) is 4.00. The number of esters is 1. The Morgan fingerprint density at radius 2 is 1.94 bits per heavy atom. The number of hydroxylamine groups is 1. The molecule has 4 heteroatoms. The Bertz CT molecular complexity index is 264. The van der Waals surface area contributed by atoms with Gasteiger partial charge in [0.2, 0.25) is 0 Å². The standard InChI is InChI=1S/C14H25NO3/c1-2-17-14(16)11-6-5-7-12(10-11)15-18-13-8-3-4-9-13/h11-13,15H,2-10H2,1H3. The van der Waals surface area contributed by atoms with Crippen LogP contribution in [-0.2, 0) is 14.4 Å². The molecule has 0 bridgehead atoms. The number of carbonyl (C=O) groups is 1. The highest BCUT2D eigenvalue weighted by Crippen LogP contribution is 2.26. The summed E-state index contributed by atoms with van der Waals surface area (Å²) in [5.74, 6) is 0.0215. The minimum Gasteiger partial charge on any atom is -0.466 e. The summed E-state index contributed by atoms with van der Waals surface area (Å²) in [5.41, 5.74) is 3.18. The van der Waals surface area contributed by atoms with Gasteiger partial charge in [0.05, 0.1) is 18.6 Å². The van der Waals surface area contributed by atoms with Gasteiger partial charge < -0.3 is 4.74 Å². The molecular weight excluding hydrogens is 230 g/mol. The maximum Gasteiger partial charge on any atom is 0.308 e. The summed E-state index contributed by atoms with van der Waals surface area (Å²) in [6, 6.07) is 0.314. The first-order valence-electron chi connectivity index (χ1n) is 7.37. The van der Waals surface area contributed by atoms with Gasteiger partial charge in [-0.3, -0.25) is 9.63 Å². The minimum absolute atomic E-state index is 0.0372. The molecule has 2 atom stereocenters. The maximum absolute atomic E-state index is 11.7. The molecule has 2 fully saturated rings. The summed E-state index contributed by atoms with van der Waals surface area (Å²) < 4.78 is 5.10. The van der Waals surface area contributed by atoms with E-state index < -0.39 is 0 Å².